The minimum Gasteiger partial charge on any atom is -0.342 e. The highest BCUT2D eigenvalue weighted by Gasteiger charge is 2.12. The molecule has 80 valence electrons. The number of carbonyl (C=O) groups is 2. The Bertz CT molecular complexity index is 416. The van der Waals surface area contributed by atoms with E-state index in [0.717, 1.165) is 0 Å². The molecule has 15 heavy (non-hydrogen) atoms. The molecule has 1 aromatic rings. The molecule has 0 saturated carbocycles. The second-order valence-electron chi connectivity index (χ2n) is 3.25. The fourth-order valence-electron chi connectivity index (χ4n) is 0.933. The van der Waals surface area contributed by atoms with Crippen molar-refractivity contribution in [2.75, 3.05) is 0 Å². The van der Waals surface area contributed by atoms with Gasteiger partial charge in [-0.2, -0.15) is 0 Å². The molecule has 1 unspecified atom stereocenters. The average molecular weight is 208 g/mol. The zero-order valence-corrected chi connectivity index (χ0v) is 8.53. The van der Waals surface area contributed by atoms with Crippen LogP contribution in [0.4, 0.5) is 0 Å². The molecule has 0 radical (unpaired) electrons. The predicted octanol–water partition coefficient (Wildman–Crippen LogP) is 0.0822. The van der Waals surface area contributed by atoms with Crippen molar-refractivity contribution in [1.29, 1.82) is 0 Å². The lowest BCUT2D eigenvalue weighted by Gasteiger charge is -2.09. The molecule has 0 aliphatic rings. The Balaban J connectivity index is 2.73. The van der Waals surface area contributed by atoms with Crippen LogP contribution < -0.4 is 10.9 Å². The maximum absolute atomic E-state index is 11.5. The Labute approximate surface area is 86.5 Å². The summed E-state index contributed by atoms with van der Waals surface area (Å²) in [7, 11) is 0. The van der Waals surface area contributed by atoms with Crippen LogP contribution in [0.5, 0.6) is 0 Å². The molecule has 0 spiro atoms. The van der Waals surface area contributed by atoms with Gasteiger partial charge in [-0.15, -0.1) is 0 Å². The van der Waals surface area contributed by atoms with Crippen molar-refractivity contribution in [1.82, 2.24) is 10.3 Å². The van der Waals surface area contributed by atoms with E-state index in [0.29, 0.717) is 5.56 Å². The molecule has 0 bridgehead atoms. The summed E-state index contributed by atoms with van der Waals surface area (Å²) in [6.45, 7) is 3.00. The van der Waals surface area contributed by atoms with Crippen LogP contribution in [0.1, 0.15) is 24.2 Å². The average Bonchev–Trinajstić information content (AvgIpc) is 2.18. The van der Waals surface area contributed by atoms with Crippen molar-refractivity contribution in [2.24, 2.45) is 0 Å². The first-order valence-corrected chi connectivity index (χ1v) is 4.51. The highest BCUT2D eigenvalue weighted by atomic mass is 16.2. The Morgan fingerprint density at radius 1 is 1.40 bits per heavy atom. The first-order chi connectivity index (χ1) is 7.00. The van der Waals surface area contributed by atoms with Crippen LogP contribution >= 0.6 is 0 Å². The lowest BCUT2D eigenvalue weighted by atomic mass is 10.2. The first-order valence-electron chi connectivity index (χ1n) is 4.51. The third-order valence-corrected chi connectivity index (χ3v) is 2.00. The second-order valence-corrected chi connectivity index (χ2v) is 3.25. The molecule has 1 aromatic heterocycles. The van der Waals surface area contributed by atoms with E-state index >= 15 is 0 Å². The molecule has 1 rings (SSSR count). The van der Waals surface area contributed by atoms with Crippen molar-refractivity contribution in [3.8, 4) is 0 Å². The van der Waals surface area contributed by atoms with Crippen LogP contribution in [0.25, 0.3) is 0 Å². The lowest BCUT2D eigenvalue weighted by Crippen LogP contribution is -2.37. The number of carbonyl (C=O) groups excluding carboxylic acids is 2. The van der Waals surface area contributed by atoms with Gasteiger partial charge in [-0.3, -0.25) is 14.4 Å². The minimum atomic E-state index is -0.524. The number of Topliss-reactive ketones (excluding diaryl/α,β-unsaturated/α-hetero) is 1. The van der Waals surface area contributed by atoms with Gasteiger partial charge in [0.2, 0.25) is 5.56 Å². The Kier molecular flexibility index (Phi) is 3.38. The highest BCUT2D eigenvalue weighted by molar-refractivity contribution is 5.97. The van der Waals surface area contributed by atoms with Crippen molar-refractivity contribution in [3.63, 3.8) is 0 Å². The zero-order chi connectivity index (χ0) is 11.4. The number of aromatic nitrogens is 1. The summed E-state index contributed by atoms with van der Waals surface area (Å²) in [5, 5.41) is 2.50. The molecule has 5 heteroatoms. The largest absolute Gasteiger partial charge is 0.342 e. The number of nitrogens with one attached hydrogen (secondary N) is 2. The van der Waals surface area contributed by atoms with Gasteiger partial charge in [-0.25, -0.2) is 0 Å². The first kappa shape index (κ1) is 11.2. The number of ketones is 1. The quantitative estimate of drug-likeness (QED) is 0.738. The SMILES string of the molecule is CC(=O)C(C)NC(=O)c1ccc(=O)[nH]c1. The fourth-order valence-corrected chi connectivity index (χ4v) is 0.933. The van der Waals surface area contributed by atoms with E-state index in [1.165, 1.54) is 25.3 Å². The van der Waals surface area contributed by atoms with E-state index in [1.54, 1.807) is 6.92 Å². The number of aromatic amines is 1. The van der Waals surface area contributed by atoms with Gasteiger partial charge in [0.1, 0.15) is 0 Å². The second kappa shape index (κ2) is 4.54. The van der Waals surface area contributed by atoms with Crippen molar-refractivity contribution < 1.29 is 9.59 Å². The summed E-state index contributed by atoms with van der Waals surface area (Å²) in [6.07, 6.45) is 1.31. The summed E-state index contributed by atoms with van der Waals surface area (Å²) in [5.74, 6) is -0.498. The minimum absolute atomic E-state index is 0.118. The number of pyridine rings is 1. The van der Waals surface area contributed by atoms with Crippen LogP contribution in [-0.4, -0.2) is 22.7 Å². The summed E-state index contributed by atoms with van der Waals surface area (Å²) >= 11 is 0. The Morgan fingerprint density at radius 2 is 2.07 bits per heavy atom. The van der Waals surface area contributed by atoms with E-state index in [-0.39, 0.29) is 17.2 Å². The van der Waals surface area contributed by atoms with E-state index < -0.39 is 6.04 Å². The molecular formula is C10H12N2O3. The predicted molar refractivity (Wildman–Crippen MR) is 54.7 cm³/mol. The molecule has 0 aliphatic heterocycles. The lowest BCUT2D eigenvalue weighted by molar-refractivity contribution is -0.118. The molecule has 1 heterocycles. The molecule has 2 N–H and O–H groups in total. The van der Waals surface area contributed by atoms with Crippen LogP contribution in [0.2, 0.25) is 0 Å². The van der Waals surface area contributed by atoms with E-state index in [9.17, 15) is 14.4 Å². The monoisotopic (exact) mass is 208 g/mol. The number of rotatable bonds is 3. The van der Waals surface area contributed by atoms with E-state index in [4.69, 9.17) is 0 Å². The van der Waals surface area contributed by atoms with E-state index in [2.05, 4.69) is 10.3 Å². The third-order valence-electron chi connectivity index (χ3n) is 2.00. The van der Waals surface area contributed by atoms with Gasteiger partial charge in [-0.1, -0.05) is 0 Å². The summed E-state index contributed by atoms with van der Waals surface area (Å²) in [6, 6.07) is 2.14. The van der Waals surface area contributed by atoms with Crippen molar-refractivity contribution >= 4 is 11.7 Å². The van der Waals surface area contributed by atoms with Gasteiger partial charge in [0.05, 0.1) is 11.6 Å². The maximum atomic E-state index is 11.5. The summed E-state index contributed by atoms with van der Waals surface area (Å²) in [5.41, 5.74) is 0.0499. The topological polar surface area (TPSA) is 79.0 Å². The zero-order valence-electron chi connectivity index (χ0n) is 8.53. The molecule has 1 amide bonds. The van der Waals surface area contributed by atoms with Crippen molar-refractivity contribution in [3.05, 3.63) is 34.2 Å². The van der Waals surface area contributed by atoms with Crippen LogP contribution in [0, 0.1) is 0 Å². The van der Waals surface area contributed by atoms with Crippen LogP contribution in [-0.2, 0) is 4.79 Å². The number of hydrogen-bond acceptors (Lipinski definition) is 3. The standard InChI is InChI=1S/C10H12N2O3/c1-6(7(2)13)12-10(15)8-3-4-9(14)11-5-8/h3-6H,1-2H3,(H,11,14)(H,12,15). The van der Waals surface area contributed by atoms with Gasteiger partial charge in [-0.05, 0) is 19.9 Å². The summed E-state index contributed by atoms with van der Waals surface area (Å²) in [4.78, 5) is 35.5. The van der Waals surface area contributed by atoms with Crippen LogP contribution in [0.3, 0.4) is 0 Å². The molecule has 0 fully saturated rings. The van der Waals surface area contributed by atoms with Gasteiger partial charge < -0.3 is 10.3 Å². The molecule has 5 nitrogen and oxygen atoms in total. The number of hydrogen-bond donors (Lipinski definition) is 2. The van der Waals surface area contributed by atoms with E-state index in [1.807, 2.05) is 0 Å². The smallest absolute Gasteiger partial charge is 0.253 e. The Morgan fingerprint density at radius 3 is 2.53 bits per heavy atom. The van der Waals surface area contributed by atoms with Gasteiger partial charge in [0, 0.05) is 12.3 Å². The normalized spacial score (nSPS) is 11.9. The molecule has 0 aliphatic carbocycles. The van der Waals surface area contributed by atoms with Crippen LogP contribution in [0.15, 0.2) is 23.1 Å². The van der Waals surface area contributed by atoms with Gasteiger partial charge >= 0.3 is 0 Å². The molecular weight excluding hydrogens is 196 g/mol. The Hall–Kier alpha value is -1.91. The maximum Gasteiger partial charge on any atom is 0.253 e. The highest BCUT2D eigenvalue weighted by Crippen LogP contribution is 1.94. The van der Waals surface area contributed by atoms with Gasteiger partial charge in [0.25, 0.3) is 5.91 Å². The number of amides is 1. The van der Waals surface area contributed by atoms with Gasteiger partial charge in [0.15, 0.2) is 5.78 Å². The molecule has 1 atom stereocenters. The number of H-pyrrole nitrogens is 1. The molecule has 0 saturated heterocycles. The molecule has 0 aromatic carbocycles. The van der Waals surface area contributed by atoms with Crippen molar-refractivity contribution in [2.45, 2.75) is 19.9 Å². The third kappa shape index (κ3) is 3.05. The fraction of sp³-hybridized carbons (Fsp3) is 0.300. The summed E-state index contributed by atoms with van der Waals surface area (Å²) < 4.78 is 0.